The van der Waals surface area contributed by atoms with Gasteiger partial charge in [-0.3, -0.25) is 4.79 Å². The average Bonchev–Trinajstić information content (AvgIpc) is 2.98. The normalized spacial score (nSPS) is 10.4. The summed E-state index contributed by atoms with van der Waals surface area (Å²) in [5.74, 6) is -0.0513. The number of hydrogen-bond acceptors (Lipinski definition) is 4. The van der Waals surface area contributed by atoms with Crippen LogP contribution < -0.4 is 0 Å². The maximum absolute atomic E-state index is 12.2. The van der Waals surface area contributed by atoms with E-state index < -0.39 is 0 Å². The lowest BCUT2D eigenvalue weighted by molar-refractivity contribution is 0.0943. The van der Waals surface area contributed by atoms with E-state index in [1.807, 2.05) is 6.07 Å². The summed E-state index contributed by atoms with van der Waals surface area (Å²) in [4.78, 5) is 12.2. The Morgan fingerprint density at radius 2 is 1.70 bits per heavy atom. The Bertz CT molecular complexity index is 733. The van der Waals surface area contributed by atoms with E-state index in [1.165, 1.54) is 4.68 Å². The van der Waals surface area contributed by atoms with Crippen molar-refractivity contribution in [3.05, 3.63) is 66.4 Å². The van der Waals surface area contributed by atoms with Crippen molar-refractivity contribution in [1.29, 1.82) is 0 Å². The van der Waals surface area contributed by atoms with Gasteiger partial charge in [0.1, 0.15) is 11.4 Å². The Labute approximate surface area is 115 Å². The standard InChI is InChI=1S/C15H11N3O2/c19-13-8-6-11(7-9-13)14-10-18(17-16-14)15(20)12-4-2-1-3-5-12/h1-10,19H. The smallest absolute Gasteiger partial charge is 0.279 e. The number of benzene rings is 2. The molecule has 5 heteroatoms. The lowest BCUT2D eigenvalue weighted by Gasteiger charge is -1.98. The minimum absolute atomic E-state index is 0.182. The summed E-state index contributed by atoms with van der Waals surface area (Å²) in [5, 5.41) is 17.1. The molecule has 2 aromatic carbocycles. The molecule has 3 aromatic rings. The van der Waals surface area contributed by atoms with Crippen molar-refractivity contribution >= 4 is 5.91 Å². The molecule has 20 heavy (non-hydrogen) atoms. The van der Waals surface area contributed by atoms with Crippen molar-refractivity contribution in [2.75, 3.05) is 0 Å². The lowest BCUT2D eigenvalue weighted by Crippen LogP contribution is -2.12. The van der Waals surface area contributed by atoms with Crippen molar-refractivity contribution in [1.82, 2.24) is 15.0 Å². The molecule has 0 fully saturated rings. The van der Waals surface area contributed by atoms with Crippen molar-refractivity contribution in [2.45, 2.75) is 0 Å². The van der Waals surface area contributed by atoms with Crippen LogP contribution in [-0.4, -0.2) is 26.0 Å². The molecule has 1 aromatic heterocycles. The third-order valence-electron chi connectivity index (χ3n) is 2.89. The number of hydrogen-bond donors (Lipinski definition) is 1. The molecular formula is C15H11N3O2. The first-order valence-electron chi connectivity index (χ1n) is 6.05. The molecule has 0 saturated heterocycles. The number of rotatable bonds is 2. The number of aromatic nitrogens is 3. The molecule has 0 radical (unpaired) electrons. The monoisotopic (exact) mass is 265 g/mol. The van der Waals surface area contributed by atoms with Crippen molar-refractivity contribution in [3.8, 4) is 17.0 Å². The van der Waals surface area contributed by atoms with Gasteiger partial charge >= 0.3 is 0 Å². The topological polar surface area (TPSA) is 68.0 Å². The van der Waals surface area contributed by atoms with Gasteiger partial charge in [0, 0.05) is 11.1 Å². The van der Waals surface area contributed by atoms with Crippen LogP contribution in [0.4, 0.5) is 0 Å². The van der Waals surface area contributed by atoms with Crippen LogP contribution in [0.1, 0.15) is 10.4 Å². The predicted molar refractivity (Wildman–Crippen MR) is 73.3 cm³/mol. The average molecular weight is 265 g/mol. The molecule has 98 valence electrons. The summed E-state index contributed by atoms with van der Waals surface area (Å²) in [6.45, 7) is 0. The maximum atomic E-state index is 12.2. The number of carbonyl (C=O) groups excluding carboxylic acids is 1. The minimum atomic E-state index is -0.233. The van der Waals surface area contributed by atoms with Crippen LogP contribution in [-0.2, 0) is 0 Å². The maximum Gasteiger partial charge on any atom is 0.279 e. The molecule has 5 nitrogen and oxygen atoms in total. The van der Waals surface area contributed by atoms with Gasteiger partial charge in [0.05, 0.1) is 6.20 Å². The van der Waals surface area contributed by atoms with E-state index in [2.05, 4.69) is 10.3 Å². The molecule has 0 atom stereocenters. The highest BCUT2D eigenvalue weighted by Gasteiger charge is 2.11. The van der Waals surface area contributed by atoms with E-state index in [1.54, 1.807) is 54.7 Å². The summed E-state index contributed by atoms with van der Waals surface area (Å²) in [6.07, 6.45) is 1.57. The summed E-state index contributed by atoms with van der Waals surface area (Å²) in [5.41, 5.74) is 1.92. The van der Waals surface area contributed by atoms with Gasteiger partial charge in [0.15, 0.2) is 0 Å². The zero-order valence-corrected chi connectivity index (χ0v) is 10.5. The van der Waals surface area contributed by atoms with E-state index in [0.29, 0.717) is 11.3 Å². The van der Waals surface area contributed by atoms with E-state index in [9.17, 15) is 9.90 Å². The highest BCUT2D eigenvalue weighted by Crippen LogP contribution is 2.19. The van der Waals surface area contributed by atoms with E-state index in [4.69, 9.17) is 0 Å². The zero-order valence-electron chi connectivity index (χ0n) is 10.5. The Balaban J connectivity index is 1.91. The lowest BCUT2D eigenvalue weighted by atomic mass is 10.1. The molecule has 3 rings (SSSR count). The number of carbonyl (C=O) groups is 1. The molecule has 0 unspecified atom stereocenters. The van der Waals surface area contributed by atoms with Crippen LogP contribution in [0.2, 0.25) is 0 Å². The SMILES string of the molecule is O=C(c1ccccc1)n1cc(-c2ccc(O)cc2)nn1. The Morgan fingerprint density at radius 1 is 1.00 bits per heavy atom. The van der Waals surface area contributed by atoms with Gasteiger partial charge in [-0.15, -0.1) is 5.10 Å². The van der Waals surface area contributed by atoms with Gasteiger partial charge in [-0.1, -0.05) is 23.4 Å². The van der Waals surface area contributed by atoms with Gasteiger partial charge < -0.3 is 5.11 Å². The number of aromatic hydroxyl groups is 1. The van der Waals surface area contributed by atoms with Gasteiger partial charge in [-0.2, -0.15) is 4.68 Å². The predicted octanol–water partition coefficient (Wildman–Crippen LogP) is 2.34. The largest absolute Gasteiger partial charge is 0.508 e. The van der Waals surface area contributed by atoms with Crippen LogP contribution in [0.15, 0.2) is 60.8 Å². The zero-order chi connectivity index (χ0) is 13.9. The first-order chi connectivity index (χ1) is 9.74. The third-order valence-corrected chi connectivity index (χ3v) is 2.89. The molecule has 0 spiro atoms. The molecule has 0 aliphatic heterocycles. The summed E-state index contributed by atoms with van der Waals surface area (Å²) >= 11 is 0. The Hall–Kier alpha value is -2.95. The molecule has 0 amide bonds. The summed E-state index contributed by atoms with van der Waals surface area (Å²) in [7, 11) is 0. The van der Waals surface area contributed by atoms with Crippen molar-refractivity contribution in [2.24, 2.45) is 0 Å². The first-order valence-corrected chi connectivity index (χ1v) is 6.05. The van der Waals surface area contributed by atoms with E-state index in [-0.39, 0.29) is 11.7 Å². The second-order valence-electron chi connectivity index (χ2n) is 4.27. The van der Waals surface area contributed by atoms with Gasteiger partial charge in [-0.05, 0) is 36.4 Å². The second kappa shape index (κ2) is 4.97. The third kappa shape index (κ3) is 2.29. The quantitative estimate of drug-likeness (QED) is 0.772. The summed E-state index contributed by atoms with van der Waals surface area (Å²) in [6, 6.07) is 15.5. The van der Waals surface area contributed by atoms with Gasteiger partial charge in [-0.25, -0.2) is 0 Å². The fraction of sp³-hybridized carbons (Fsp3) is 0. The molecule has 1 heterocycles. The number of phenolic OH excluding ortho intramolecular Hbond substituents is 1. The van der Waals surface area contributed by atoms with Crippen molar-refractivity contribution < 1.29 is 9.90 Å². The van der Waals surface area contributed by atoms with Gasteiger partial charge in [0.25, 0.3) is 5.91 Å². The summed E-state index contributed by atoms with van der Waals surface area (Å²) < 4.78 is 1.21. The van der Waals surface area contributed by atoms with Crippen LogP contribution in [0, 0.1) is 0 Å². The highest BCUT2D eigenvalue weighted by atomic mass is 16.3. The molecule has 0 aliphatic rings. The minimum Gasteiger partial charge on any atom is -0.508 e. The van der Waals surface area contributed by atoms with Crippen LogP contribution >= 0.6 is 0 Å². The number of phenols is 1. The number of nitrogens with zero attached hydrogens (tertiary/aromatic N) is 3. The first kappa shape index (κ1) is 12.1. The van der Waals surface area contributed by atoms with Crippen LogP contribution in [0.25, 0.3) is 11.3 Å². The fourth-order valence-electron chi connectivity index (χ4n) is 1.84. The van der Waals surface area contributed by atoms with Crippen molar-refractivity contribution in [3.63, 3.8) is 0 Å². The van der Waals surface area contributed by atoms with Crippen LogP contribution in [0.3, 0.4) is 0 Å². The molecule has 0 aliphatic carbocycles. The Kier molecular flexibility index (Phi) is 3.01. The van der Waals surface area contributed by atoms with E-state index in [0.717, 1.165) is 5.56 Å². The highest BCUT2D eigenvalue weighted by molar-refractivity contribution is 5.95. The second-order valence-corrected chi connectivity index (χ2v) is 4.27. The molecule has 0 bridgehead atoms. The molecular weight excluding hydrogens is 254 g/mol. The Morgan fingerprint density at radius 3 is 2.40 bits per heavy atom. The van der Waals surface area contributed by atoms with Gasteiger partial charge in [0.2, 0.25) is 0 Å². The van der Waals surface area contributed by atoms with Crippen LogP contribution in [0.5, 0.6) is 5.75 Å². The molecule has 1 N–H and O–H groups in total. The fourth-order valence-corrected chi connectivity index (χ4v) is 1.84. The van der Waals surface area contributed by atoms with E-state index >= 15 is 0 Å². The molecule has 0 saturated carbocycles.